The van der Waals surface area contributed by atoms with Gasteiger partial charge in [-0.1, -0.05) is 6.07 Å². The van der Waals surface area contributed by atoms with E-state index in [-0.39, 0.29) is 5.78 Å². The molecule has 0 amide bonds. The summed E-state index contributed by atoms with van der Waals surface area (Å²) in [4.78, 5) is 21.0. The van der Waals surface area contributed by atoms with E-state index in [1.54, 1.807) is 13.1 Å². The first kappa shape index (κ1) is 11.1. The largest absolute Gasteiger partial charge is 0.298 e. The molecule has 0 N–H and O–H groups in total. The normalized spacial score (nSPS) is 11.0. The average molecular weight is 257 g/mol. The predicted molar refractivity (Wildman–Crippen MR) is 71.0 cm³/mol. The van der Waals surface area contributed by atoms with E-state index in [9.17, 15) is 4.79 Å². The van der Waals surface area contributed by atoms with Crippen molar-refractivity contribution in [1.82, 2.24) is 14.4 Å². The number of thiazole rings is 1. The molecule has 3 aromatic rings. The lowest BCUT2D eigenvalue weighted by molar-refractivity contribution is 0.102. The Bertz CT molecular complexity index is 742. The Morgan fingerprint density at radius 2 is 2.22 bits per heavy atom. The minimum atomic E-state index is 0.0603. The number of hydrogen-bond acceptors (Lipinski definition) is 4. The summed E-state index contributed by atoms with van der Waals surface area (Å²) >= 11 is 1.42. The first-order valence-corrected chi connectivity index (χ1v) is 6.39. The summed E-state index contributed by atoms with van der Waals surface area (Å²) in [5.41, 5.74) is 2.59. The third-order valence-corrected chi connectivity index (χ3v) is 4.03. The van der Waals surface area contributed by atoms with Crippen molar-refractivity contribution in [2.24, 2.45) is 0 Å². The molecule has 0 aromatic carbocycles. The maximum absolute atomic E-state index is 11.5. The van der Waals surface area contributed by atoms with Gasteiger partial charge in [0.05, 0.1) is 16.8 Å². The number of carbonyl (C=O) groups excluding carboxylic acids is 1. The van der Waals surface area contributed by atoms with Crippen molar-refractivity contribution in [1.29, 1.82) is 0 Å². The molecule has 90 valence electrons. The van der Waals surface area contributed by atoms with E-state index in [1.165, 1.54) is 11.3 Å². The number of fused-ring (bicyclic) bond motifs is 1. The number of rotatable bonds is 2. The highest BCUT2D eigenvalue weighted by molar-refractivity contribution is 7.17. The number of aryl methyl sites for hydroxylation is 1. The van der Waals surface area contributed by atoms with Gasteiger partial charge in [-0.3, -0.25) is 9.20 Å². The lowest BCUT2D eigenvalue weighted by Gasteiger charge is -1.96. The van der Waals surface area contributed by atoms with E-state index in [0.29, 0.717) is 0 Å². The van der Waals surface area contributed by atoms with Crippen molar-refractivity contribution in [3.8, 4) is 10.7 Å². The van der Waals surface area contributed by atoms with Crippen molar-refractivity contribution in [3.05, 3.63) is 41.2 Å². The Labute approximate surface area is 108 Å². The van der Waals surface area contributed by atoms with Crippen LogP contribution in [0.4, 0.5) is 0 Å². The molecule has 0 atom stereocenters. The molecule has 0 aliphatic heterocycles. The van der Waals surface area contributed by atoms with Gasteiger partial charge in [0.15, 0.2) is 5.78 Å². The SMILES string of the molecule is CC(=O)c1sc(-c2cnc3ccccn23)nc1C. The molecule has 0 saturated carbocycles. The molecule has 4 nitrogen and oxygen atoms in total. The number of carbonyl (C=O) groups is 1. The first-order valence-electron chi connectivity index (χ1n) is 5.57. The minimum absolute atomic E-state index is 0.0603. The summed E-state index contributed by atoms with van der Waals surface area (Å²) in [6.45, 7) is 3.43. The minimum Gasteiger partial charge on any atom is -0.298 e. The quantitative estimate of drug-likeness (QED) is 0.663. The number of nitrogens with zero attached hydrogens (tertiary/aromatic N) is 3. The Balaban J connectivity index is 2.20. The van der Waals surface area contributed by atoms with Crippen molar-refractivity contribution in [2.45, 2.75) is 13.8 Å². The van der Waals surface area contributed by atoms with Crippen molar-refractivity contribution >= 4 is 22.8 Å². The molecule has 3 heterocycles. The third kappa shape index (κ3) is 1.64. The van der Waals surface area contributed by atoms with Crippen LogP contribution < -0.4 is 0 Å². The molecule has 0 fully saturated rings. The van der Waals surface area contributed by atoms with Gasteiger partial charge in [-0.2, -0.15) is 0 Å². The zero-order valence-corrected chi connectivity index (χ0v) is 10.9. The second-order valence-corrected chi connectivity index (χ2v) is 5.06. The topological polar surface area (TPSA) is 47.3 Å². The standard InChI is InChI=1S/C13H11N3OS/c1-8-12(9(2)17)18-13(15-8)10-7-14-11-5-3-4-6-16(10)11/h3-7H,1-2H3. The monoisotopic (exact) mass is 257 g/mol. The lowest BCUT2D eigenvalue weighted by atomic mass is 10.3. The molecule has 3 rings (SSSR count). The fourth-order valence-corrected chi connectivity index (χ4v) is 2.89. The number of pyridine rings is 1. The summed E-state index contributed by atoms with van der Waals surface area (Å²) < 4.78 is 1.97. The van der Waals surface area contributed by atoms with Crippen LogP contribution in [0.25, 0.3) is 16.3 Å². The van der Waals surface area contributed by atoms with Crippen molar-refractivity contribution in [2.75, 3.05) is 0 Å². The zero-order chi connectivity index (χ0) is 12.7. The van der Waals surface area contributed by atoms with E-state index in [1.807, 2.05) is 35.7 Å². The molecule has 0 radical (unpaired) electrons. The Kier molecular flexibility index (Phi) is 2.48. The van der Waals surface area contributed by atoms with Gasteiger partial charge < -0.3 is 0 Å². The van der Waals surface area contributed by atoms with Crippen molar-refractivity contribution in [3.63, 3.8) is 0 Å². The van der Waals surface area contributed by atoms with Crippen molar-refractivity contribution < 1.29 is 4.79 Å². The second-order valence-electron chi connectivity index (χ2n) is 4.06. The number of aromatic nitrogens is 3. The molecule has 3 aromatic heterocycles. The molecule has 0 unspecified atom stereocenters. The van der Waals surface area contributed by atoms with Gasteiger partial charge in [0.2, 0.25) is 0 Å². The van der Waals surface area contributed by atoms with Gasteiger partial charge in [0.25, 0.3) is 0 Å². The average Bonchev–Trinajstić information content (AvgIpc) is 2.92. The van der Waals surface area contributed by atoms with Crippen LogP contribution in [0.2, 0.25) is 0 Å². The molecule has 0 aliphatic carbocycles. The number of imidazole rings is 1. The number of ketones is 1. The van der Waals surface area contributed by atoms with E-state index < -0.39 is 0 Å². The van der Waals surface area contributed by atoms with Gasteiger partial charge in [-0.15, -0.1) is 11.3 Å². The molecule has 0 bridgehead atoms. The predicted octanol–water partition coefficient (Wildman–Crippen LogP) is 2.97. The van der Waals surface area contributed by atoms with E-state index in [2.05, 4.69) is 9.97 Å². The molecular weight excluding hydrogens is 246 g/mol. The Hall–Kier alpha value is -2.01. The fraction of sp³-hybridized carbons (Fsp3) is 0.154. The lowest BCUT2D eigenvalue weighted by Crippen LogP contribution is -1.89. The number of Topliss-reactive ketones (excluding diaryl/α,β-unsaturated/α-hetero) is 1. The van der Waals surface area contributed by atoms with E-state index in [0.717, 1.165) is 26.9 Å². The van der Waals surface area contributed by atoms with Gasteiger partial charge in [-0.25, -0.2) is 9.97 Å². The van der Waals surface area contributed by atoms with Crippen LogP contribution in [0.15, 0.2) is 30.6 Å². The van der Waals surface area contributed by atoms with Gasteiger partial charge >= 0.3 is 0 Å². The summed E-state index contributed by atoms with van der Waals surface area (Å²) in [5, 5.41) is 0.830. The van der Waals surface area contributed by atoms with E-state index in [4.69, 9.17) is 0 Å². The molecule has 0 spiro atoms. The molecule has 0 aliphatic rings. The maximum Gasteiger partial charge on any atom is 0.171 e. The van der Waals surface area contributed by atoms with Gasteiger partial charge in [0, 0.05) is 13.1 Å². The first-order chi connectivity index (χ1) is 8.66. The van der Waals surface area contributed by atoms with Crippen LogP contribution in [0.1, 0.15) is 22.3 Å². The summed E-state index contributed by atoms with van der Waals surface area (Å²) in [6, 6.07) is 5.83. The summed E-state index contributed by atoms with van der Waals surface area (Å²) in [6.07, 6.45) is 3.74. The highest BCUT2D eigenvalue weighted by Gasteiger charge is 2.15. The maximum atomic E-state index is 11.5. The van der Waals surface area contributed by atoms with Crippen LogP contribution in [0.3, 0.4) is 0 Å². The molecule has 0 saturated heterocycles. The Morgan fingerprint density at radius 3 is 2.94 bits per heavy atom. The third-order valence-electron chi connectivity index (χ3n) is 2.75. The van der Waals surface area contributed by atoms with Crippen LogP contribution in [-0.2, 0) is 0 Å². The van der Waals surface area contributed by atoms with E-state index >= 15 is 0 Å². The smallest absolute Gasteiger partial charge is 0.171 e. The van der Waals surface area contributed by atoms with Crippen LogP contribution >= 0.6 is 11.3 Å². The van der Waals surface area contributed by atoms with Gasteiger partial charge in [-0.05, 0) is 19.1 Å². The van der Waals surface area contributed by atoms with Gasteiger partial charge in [0.1, 0.15) is 16.3 Å². The molecular formula is C13H11N3OS. The molecule has 18 heavy (non-hydrogen) atoms. The zero-order valence-electron chi connectivity index (χ0n) is 10.0. The molecule has 5 heteroatoms. The summed E-state index contributed by atoms with van der Waals surface area (Å²) in [5.74, 6) is 0.0603. The highest BCUT2D eigenvalue weighted by atomic mass is 32.1. The van der Waals surface area contributed by atoms with Crippen LogP contribution in [0, 0.1) is 6.92 Å². The highest BCUT2D eigenvalue weighted by Crippen LogP contribution is 2.28. The van der Waals surface area contributed by atoms with Crippen LogP contribution in [-0.4, -0.2) is 20.2 Å². The fourth-order valence-electron chi connectivity index (χ4n) is 1.92. The number of hydrogen-bond donors (Lipinski definition) is 0. The Morgan fingerprint density at radius 1 is 1.39 bits per heavy atom. The van der Waals surface area contributed by atoms with Crippen LogP contribution in [0.5, 0.6) is 0 Å². The second kappa shape index (κ2) is 4.03. The summed E-state index contributed by atoms with van der Waals surface area (Å²) in [7, 11) is 0.